The van der Waals surface area contributed by atoms with Crippen molar-refractivity contribution in [1.82, 2.24) is 4.57 Å². The molecular formula is C12H15NO2. The Labute approximate surface area is 88.7 Å². The van der Waals surface area contributed by atoms with Gasteiger partial charge < -0.3 is 4.57 Å². The summed E-state index contributed by atoms with van der Waals surface area (Å²) in [4.78, 5) is 22.5. The van der Waals surface area contributed by atoms with Crippen LogP contribution in [0, 0.1) is 0 Å². The van der Waals surface area contributed by atoms with Crippen LogP contribution in [-0.4, -0.2) is 10.9 Å². The first-order valence-electron chi connectivity index (χ1n) is 5.49. The molecule has 2 rings (SSSR count). The molecule has 1 fully saturated rings. The molecule has 3 heteroatoms. The topological polar surface area (TPSA) is 39.1 Å². The molecule has 1 aliphatic rings. The number of carbonyl (C=O) groups is 1. The van der Waals surface area contributed by atoms with Crippen molar-refractivity contribution < 1.29 is 4.79 Å². The zero-order valence-electron chi connectivity index (χ0n) is 8.69. The molecule has 0 bridgehead atoms. The molecule has 0 N–H and O–H groups in total. The van der Waals surface area contributed by atoms with Gasteiger partial charge >= 0.3 is 0 Å². The molecule has 80 valence electrons. The molecule has 1 aromatic heterocycles. The molecule has 1 aliphatic carbocycles. The van der Waals surface area contributed by atoms with Crippen molar-refractivity contribution in [2.45, 2.75) is 38.1 Å². The Morgan fingerprint density at radius 1 is 1.27 bits per heavy atom. The van der Waals surface area contributed by atoms with E-state index in [1.165, 1.54) is 19.3 Å². The van der Waals surface area contributed by atoms with E-state index in [0.29, 0.717) is 12.3 Å². The number of carbonyl (C=O) groups excluding carboxylic acids is 1. The lowest BCUT2D eigenvalue weighted by Crippen LogP contribution is -2.27. The van der Waals surface area contributed by atoms with Crippen LogP contribution < -0.4 is 5.56 Å². The number of aldehydes is 1. The highest BCUT2D eigenvalue weighted by Crippen LogP contribution is 2.26. The first kappa shape index (κ1) is 10.1. The van der Waals surface area contributed by atoms with Gasteiger partial charge in [-0.05, 0) is 25.0 Å². The predicted molar refractivity (Wildman–Crippen MR) is 58.2 cm³/mol. The second kappa shape index (κ2) is 4.43. The second-order valence-electron chi connectivity index (χ2n) is 4.09. The van der Waals surface area contributed by atoms with E-state index >= 15 is 0 Å². The van der Waals surface area contributed by atoms with Crippen LogP contribution in [0.15, 0.2) is 23.1 Å². The van der Waals surface area contributed by atoms with E-state index in [9.17, 15) is 9.59 Å². The van der Waals surface area contributed by atoms with Crippen LogP contribution >= 0.6 is 0 Å². The molecule has 0 atom stereocenters. The minimum atomic E-state index is -0.139. The standard InChI is InChI=1S/C12H15NO2/c14-9-10-5-4-8-13(12(10)15)11-6-2-1-3-7-11/h4-5,8-9,11H,1-3,6-7H2. The average molecular weight is 205 g/mol. The highest BCUT2D eigenvalue weighted by Gasteiger charge is 2.16. The Balaban J connectivity index is 2.34. The summed E-state index contributed by atoms with van der Waals surface area (Å²) in [6.45, 7) is 0. The van der Waals surface area contributed by atoms with Gasteiger partial charge in [-0.15, -0.1) is 0 Å². The first-order chi connectivity index (χ1) is 7.33. The van der Waals surface area contributed by atoms with Gasteiger partial charge in [-0.25, -0.2) is 0 Å². The maximum absolute atomic E-state index is 11.8. The number of aromatic nitrogens is 1. The number of nitrogens with zero attached hydrogens (tertiary/aromatic N) is 1. The van der Waals surface area contributed by atoms with E-state index in [4.69, 9.17) is 0 Å². The molecule has 0 aliphatic heterocycles. The largest absolute Gasteiger partial charge is 0.312 e. The minimum absolute atomic E-state index is 0.139. The quantitative estimate of drug-likeness (QED) is 0.694. The maximum Gasteiger partial charge on any atom is 0.261 e. The van der Waals surface area contributed by atoms with Crippen LogP contribution in [0.1, 0.15) is 48.5 Å². The monoisotopic (exact) mass is 205 g/mol. The fraction of sp³-hybridized carbons (Fsp3) is 0.500. The van der Waals surface area contributed by atoms with Crippen LogP contribution in [0.25, 0.3) is 0 Å². The summed E-state index contributed by atoms with van der Waals surface area (Å²) in [5.74, 6) is 0. The van der Waals surface area contributed by atoms with Gasteiger partial charge in [0.1, 0.15) is 0 Å². The zero-order valence-corrected chi connectivity index (χ0v) is 8.69. The molecular weight excluding hydrogens is 190 g/mol. The SMILES string of the molecule is O=Cc1cccn(C2CCCCC2)c1=O. The summed E-state index contributed by atoms with van der Waals surface area (Å²) < 4.78 is 1.73. The molecule has 0 spiro atoms. The predicted octanol–water partition coefficient (Wildman–Crippen LogP) is 2.17. The number of hydrogen-bond acceptors (Lipinski definition) is 2. The summed E-state index contributed by atoms with van der Waals surface area (Å²) in [6.07, 6.45) is 8.18. The van der Waals surface area contributed by atoms with Crippen LogP contribution in [0.5, 0.6) is 0 Å². The highest BCUT2D eigenvalue weighted by atomic mass is 16.1. The van der Waals surface area contributed by atoms with Gasteiger partial charge in [0, 0.05) is 12.2 Å². The average Bonchev–Trinajstić information content (AvgIpc) is 2.30. The van der Waals surface area contributed by atoms with Crippen molar-refractivity contribution in [3.63, 3.8) is 0 Å². The van der Waals surface area contributed by atoms with E-state index in [0.717, 1.165) is 12.8 Å². The van der Waals surface area contributed by atoms with E-state index in [2.05, 4.69) is 0 Å². The summed E-state index contributed by atoms with van der Waals surface area (Å²) in [6, 6.07) is 3.65. The van der Waals surface area contributed by atoms with Crippen molar-refractivity contribution >= 4 is 6.29 Å². The van der Waals surface area contributed by atoms with Gasteiger partial charge in [-0.3, -0.25) is 9.59 Å². The lowest BCUT2D eigenvalue weighted by atomic mass is 9.95. The smallest absolute Gasteiger partial charge is 0.261 e. The highest BCUT2D eigenvalue weighted by molar-refractivity contribution is 5.73. The fourth-order valence-corrected chi connectivity index (χ4v) is 2.26. The van der Waals surface area contributed by atoms with E-state index in [-0.39, 0.29) is 11.1 Å². The van der Waals surface area contributed by atoms with Crippen LogP contribution in [0.2, 0.25) is 0 Å². The third kappa shape index (κ3) is 2.01. The third-order valence-corrected chi connectivity index (χ3v) is 3.10. The molecule has 1 aromatic rings. The van der Waals surface area contributed by atoms with Gasteiger partial charge in [0.25, 0.3) is 5.56 Å². The lowest BCUT2D eigenvalue weighted by molar-refractivity contribution is 0.112. The first-order valence-corrected chi connectivity index (χ1v) is 5.49. The zero-order chi connectivity index (χ0) is 10.7. The number of rotatable bonds is 2. The third-order valence-electron chi connectivity index (χ3n) is 3.10. The fourth-order valence-electron chi connectivity index (χ4n) is 2.26. The maximum atomic E-state index is 11.8. The molecule has 0 radical (unpaired) electrons. The number of hydrogen-bond donors (Lipinski definition) is 0. The van der Waals surface area contributed by atoms with Gasteiger partial charge in [0.2, 0.25) is 0 Å². The Morgan fingerprint density at radius 2 is 2.00 bits per heavy atom. The summed E-state index contributed by atoms with van der Waals surface area (Å²) >= 11 is 0. The normalized spacial score (nSPS) is 17.6. The number of pyridine rings is 1. The molecule has 1 saturated carbocycles. The van der Waals surface area contributed by atoms with Gasteiger partial charge in [0.15, 0.2) is 6.29 Å². The van der Waals surface area contributed by atoms with Crippen LogP contribution in [-0.2, 0) is 0 Å². The van der Waals surface area contributed by atoms with Crippen molar-refractivity contribution in [2.75, 3.05) is 0 Å². The molecule has 0 saturated heterocycles. The van der Waals surface area contributed by atoms with Gasteiger partial charge in [-0.1, -0.05) is 19.3 Å². The lowest BCUT2D eigenvalue weighted by Gasteiger charge is -2.23. The van der Waals surface area contributed by atoms with Gasteiger partial charge in [-0.2, -0.15) is 0 Å². The van der Waals surface area contributed by atoms with Crippen LogP contribution in [0.4, 0.5) is 0 Å². The van der Waals surface area contributed by atoms with Crippen molar-refractivity contribution in [2.24, 2.45) is 0 Å². The van der Waals surface area contributed by atoms with Gasteiger partial charge in [0.05, 0.1) is 5.56 Å². The van der Waals surface area contributed by atoms with E-state index < -0.39 is 0 Å². The van der Waals surface area contributed by atoms with Crippen LogP contribution in [0.3, 0.4) is 0 Å². The Bertz CT molecular complexity index is 402. The summed E-state index contributed by atoms with van der Waals surface area (Å²) in [7, 11) is 0. The Kier molecular flexibility index (Phi) is 2.99. The van der Waals surface area contributed by atoms with Crippen molar-refractivity contribution in [3.8, 4) is 0 Å². The molecule has 0 amide bonds. The van der Waals surface area contributed by atoms with E-state index in [1.54, 1.807) is 22.9 Å². The molecule has 0 aromatic carbocycles. The summed E-state index contributed by atoms with van der Waals surface area (Å²) in [5, 5.41) is 0. The molecule has 1 heterocycles. The Morgan fingerprint density at radius 3 is 2.67 bits per heavy atom. The Hall–Kier alpha value is -1.38. The second-order valence-corrected chi connectivity index (χ2v) is 4.09. The minimum Gasteiger partial charge on any atom is -0.312 e. The molecule has 0 unspecified atom stereocenters. The molecule has 15 heavy (non-hydrogen) atoms. The summed E-state index contributed by atoms with van der Waals surface area (Å²) in [5.41, 5.74) is 0.127. The molecule has 3 nitrogen and oxygen atoms in total. The van der Waals surface area contributed by atoms with Crippen molar-refractivity contribution in [1.29, 1.82) is 0 Å². The van der Waals surface area contributed by atoms with Crippen molar-refractivity contribution in [3.05, 3.63) is 34.2 Å². The van der Waals surface area contributed by atoms with E-state index in [1.807, 2.05) is 0 Å².